The lowest BCUT2D eigenvalue weighted by Gasteiger charge is -2.28. The van der Waals surface area contributed by atoms with Crippen molar-refractivity contribution in [3.63, 3.8) is 0 Å². The number of aromatic nitrogens is 2. The first kappa shape index (κ1) is 19.8. The quantitative estimate of drug-likeness (QED) is 0.696. The van der Waals surface area contributed by atoms with Gasteiger partial charge in [0.15, 0.2) is 0 Å². The number of benzene rings is 2. The maximum atomic E-state index is 13.9. The number of fused-ring (bicyclic) bond motifs is 1. The summed E-state index contributed by atoms with van der Waals surface area (Å²) in [7, 11) is 0. The van der Waals surface area contributed by atoms with E-state index in [2.05, 4.69) is 15.3 Å². The third-order valence-electron chi connectivity index (χ3n) is 5.34. The lowest BCUT2D eigenvalue weighted by Crippen LogP contribution is -2.42. The van der Waals surface area contributed by atoms with Gasteiger partial charge in [0.1, 0.15) is 11.6 Å². The molecule has 30 heavy (non-hydrogen) atoms. The van der Waals surface area contributed by atoms with Gasteiger partial charge >= 0.3 is 6.03 Å². The Bertz CT molecular complexity index is 1170. The number of aryl methyl sites for hydroxylation is 2. The van der Waals surface area contributed by atoms with E-state index in [0.29, 0.717) is 35.6 Å². The molecule has 154 valence electrons. The van der Waals surface area contributed by atoms with Crippen molar-refractivity contribution < 1.29 is 9.18 Å². The van der Waals surface area contributed by atoms with E-state index in [1.807, 2.05) is 32.0 Å². The van der Waals surface area contributed by atoms with Crippen LogP contribution in [-0.2, 0) is 19.4 Å². The Balaban J connectivity index is 1.50. The number of urea groups is 1. The highest BCUT2D eigenvalue weighted by atomic mass is 19.1. The van der Waals surface area contributed by atoms with Gasteiger partial charge in [0.05, 0.1) is 17.8 Å². The van der Waals surface area contributed by atoms with Crippen LogP contribution in [0.2, 0.25) is 0 Å². The van der Waals surface area contributed by atoms with E-state index in [1.54, 1.807) is 23.1 Å². The maximum absolute atomic E-state index is 13.9. The second-order valence-electron chi connectivity index (χ2n) is 7.63. The summed E-state index contributed by atoms with van der Waals surface area (Å²) in [6, 6.07) is 12.0. The smallest absolute Gasteiger partial charge is 0.320 e. The molecule has 0 spiro atoms. The topological polar surface area (TPSA) is 78.1 Å². The zero-order valence-electron chi connectivity index (χ0n) is 17.0. The SMILES string of the molecule is Cc1ccc(NC(=O)N2CCc3nc(Cc4ccccc4F)[nH]c(=O)c3C2)c(C)c1. The first-order chi connectivity index (χ1) is 14.4. The summed E-state index contributed by atoms with van der Waals surface area (Å²) >= 11 is 0. The van der Waals surface area contributed by atoms with Crippen molar-refractivity contribution in [1.29, 1.82) is 0 Å². The lowest BCUT2D eigenvalue weighted by molar-refractivity contribution is 0.205. The number of carbonyl (C=O) groups is 1. The van der Waals surface area contributed by atoms with Crippen LogP contribution in [0.15, 0.2) is 47.3 Å². The van der Waals surface area contributed by atoms with Crippen LogP contribution in [0.3, 0.4) is 0 Å². The average Bonchev–Trinajstić information content (AvgIpc) is 2.71. The lowest BCUT2D eigenvalue weighted by atomic mass is 10.1. The van der Waals surface area contributed by atoms with Gasteiger partial charge < -0.3 is 15.2 Å². The normalized spacial score (nSPS) is 13.1. The average molecular weight is 406 g/mol. The molecule has 0 saturated carbocycles. The number of halogens is 1. The van der Waals surface area contributed by atoms with Gasteiger partial charge in [0.25, 0.3) is 5.56 Å². The van der Waals surface area contributed by atoms with Crippen molar-refractivity contribution in [1.82, 2.24) is 14.9 Å². The summed E-state index contributed by atoms with van der Waals surface area (Å²) in [6.45, 7) is 4.59. The molecule has 4 rings (SSSR count). The molecule has 2 aromatic carbocycles. The molecule has 1 aromatic heterocycles. The monoisotopic (exact) mass is 406 g/mol. The minimum atomic E-state index is -0.327. The Morgan fingerprint density at radius 3 is 2.80 bits per heavy atom. The van der Waals surface area contributed by atoms with Gasteiger partial charge in [-0.3, -0.25) is 4.79 Å². The van der Waals surface area contributed by atoms with Crippen LogP contribution >= 0.6 is 0 Å². The molecule has 1 aliphatic heterocycles. The zero-order chi connectivity index (χ0) is 21.3. The summed E-state index contributed by atoms with van der Waals surface area (Å²) in [5.74, 6) is 0.101. The number of anilines is 1. The number of hydrogen-bond donors (Lipinski definition) is 2. The van der Waals surface area contributed by atoms with Crippen LogP contribution in [0.25, 0.3) is 0 Å². The van der Waals surface area contributed by atoms with Gasteiger partial charge in [-0.1, -0.05) is 35.9 Å². The van der Waals surface area contributed by atoms with Crippen molar-refractivity contribution in [2.24, 2.45) is 0 Å². The van der Waals surface area contributed by atoms with Crippen molar-refractivity contribution in [3.05, 3.63) is 92.4 Å². The Morgan fingerprint density at radius 2 is 2.03 bits per heavy atom. The molecule has 6 nitrogen and oxygen atoms in total. The minimum absolute atomic E-state index is 0.189. The third kappa shape index (κ3) is 4.10. The van der Waals surface area contributed by atoms with E-state index < -0.39 is 0 Å². The van der Waals surface area contributed by atoms with Gasteiger partial charge in [-0.05, 0) is 37.1 Å². The maximum Gasteiger partial charge on any atom is 0.322 e. The first-order valence-corrected chi connectivity index (χ1v) is 9.88. The number of aromatic amines is 1. The van der Waals surface area contributed by atoms with Crippen LogP contribution in [0.4, 0.5) is 14.9 Å². The molecular weight excluding hydrogens is 383 g/mol. The molecule has 0 bridgehead atoms. The van der Waals surface area contributed by atoms with Crippen molar-refractivity contribution in [3.8, 4) is 0 Å². The number of nitrogens with one attached hydrogen (secondary N) is 2. The molecular formula is C23H23FN4O2. The Kier molecular flexibility index (Phi) is 5.35. The number of rotatable bonds is 3. The van der Waals surface area contributed by atoms with Gasteiger partial charge in [0.2, 0.25) is 0 Å². The molecule has 0 unspecified atom stereocenters. The fraction of sp³-hybridized carbons (Fsp3) is 0.261. The van der Waals surface area contributed by atoms with Gasteiger partial charge in [0, 0.05) is 25.1 Å². The molecule has 0 saturated heterocycles. The number of carbonyl (C=O) groups excluding carboxylic acids is 1. The molecule has 0 atom stereocenters. The van der Waals surface area contributed by atoms with E-state index in [9.17, 15) is 14.0 Å². The highest BCUT2D eigenvalue weighted by Gasteiger charge is 2.25. The summed E-state index contributed by atoms with van der Waals surface area (Å²) in [5.41, 5.74) is 4.21. The predicted molar refractivity (Wildman–Crippen MR) is 113 cm³/mol. The zero-order valence-corrected chi connectivity index (χ0v) is 17.0. The van der Waals surface area contributed by atoms with Crippen LogP contribution in [0, 0.1) is 19.7 Å². The highest BCUT2D eigenvalue weighted by Crippen LogP contribution is 2.20. The molecule has 2 heterocycles. The van der Waals surface area contributed by atoms with Crippen LogP contribution in [-0.4, -0.2) is 27.4 Å². The molecule has 2 N–H and O–H groups in total. The predicted octanol–water partition coefficient (Wildman–Crippen LogP) is 3.71. The molecule has 7 heteroatoms. The van der Waals surface area contributed by atoms with E-state index in [-0.39, 0.29) is 30.4 Å². The van der Waals surface area contributed by atoms with Crippen molar-refractivity contribution in [2.75, 3.05) is 11.9 Å². The van der Waals surface area contributed by atoms with Crippen LogP contribution in [0.5, 0.6) is 0 Å². The Labute approximate surface area is 173 Å². The minimum Gasteiger partial charge on any atom is -0.320 e. The van der Waals surface area contributed by atoms with Crippen molar-refractivity contribution in [2.45, 2.75) is 33.2 Å². The Morgan fingerprint density at radius 1 is 1.23 bits per heavy atom. The summed E-state index contributed by atoms with van der Waals surface area (Å²) in [6.07, 6.45) is 0.690. The van der Waals surface area contributed by atoms with E-state index in [4.69, 9.17) is 0 Å². The van der Waals surface area contributed by atoms with Gasteiger partial charge in [-0.25, -0.2) is 14.2 Å². The number of H-pyrrole nitrogens is 1. The second-order valence-corrected chi connectivity index (χ2v) is 7.63. The Hall–Kier alpha value is -3.48. The van der Waals surface area contributed by atoms with Crippen LogP contribution < -0.4 is 10.9 Å². The van der Waals surface area contributed by atoms with Crippen molar-refractivity contribution >= 4 is 11.7 Å². The van der Waals surface area contributed by atoms with E-state index in [0.717, 1.165) is 16.8 Å². The van der Waals surface area contributed by atoms with Crippen LogP contribution in [0.1, 0.15) is 33.8 Å². The summed E-state index contributed by atoms with van der Waals surface area (Å²) in [4.78, 5) is 34.2. The standard InChI is InChI=1S/C23H23FN4O2/c1-14-7-8-19(15(2)11-14)26-23(30)28-10-9-20-17(13-28)22(29)27-21(25-20)12-16-5-3-4-6-18(16)24/h3-8,11H,9-10,12-13H2,1-2H3,(H,26,30)(H,25,27,29). The molecule has 0 aliphatic carbocycles. The molecule has 0 fully saturated rings. The number of amides is 2. The second kappa shape index (κ2) is 8.10. The number of hydrogen-bond acceptors (Lipinski definition) is 3. The fourth-order valence-corrected chi connectivity index (χ4v) is 3.70. The molecule has 0 radical (unpaired) electrons. The first-order valence-electron chi connectivity index (χ1n) is 9.88. The van der Waals surface area contributed by atoms with Gasteiger partial charge in [-0.2, -0.15) is 0 Å². The molecule has 1 aliphatic rings. The number of nitrogens with zero attached hydrogens (tertiary/aromatic N) is 2. The fourth-order valence-electron chi connectivity index (χ4n) is 3.70. The molecule has 3 aromatic rings. The van der Waals surface area contributed by atoms with E-state index in [1.165, 1.54) is 6.07 Å². The molecule has 2 amide bonds. The third-order valence-corrected chi connectivity index (χ3v) is 5.34. The van der Waals surface area contributed by atoms with Gasteiger partial charge in [-0.15, -0.1) is 0 Å². The van der Waals surface area contributed by atoms with E-state index >= 15 is 0 Å². The highest BCUT2D eigenvalue weighted by molar-refractivity contribution is 5.90. The summed E-state index contributed by atoms with van der Waals surface area (Å²) < 4.78 is 13.9. The largest absolute Gasteiger partial charge is 0.322 e. The summed E-state index contributed by atoms with van der Waals surface area (Å²) in [5, 5.41) is 2.92.